The molecule has 6 rings (SSSR count). The summed E-state index contributed by atoms with van der Waals surface area (Å²) in [6, 6.07) is 19.9. The number of fused-ring (bicyclic) bond motifs is 2. The lowest BCUT2D eigenvalue weighted by molar-refractivity contribution is -0.139. The van der Waals surface area contributed by atoms with E-state index in [-0.39, 0.29) is 28.2 Å². The summed E-state index contributed by atoms with van der Waals surface area (Å²) in [5, 5.41) is 0. The van der Waals surface area contributed by atoms with Crippen molar-refractivity contribution in [1.29, 1.82) is 0 Å². The minimum Gasteiger partial charge on any atom is -0.463 e. The van der Waals surface area contributed by atoms with Crippen molar-refractivity contribution < 1.29 is 18.7 Å². The molecule has 206 valence electrons. The van der Waals surface area contributed by atoms with Gasteiger partial charge in [0.2, 0.25) is 0 Å². The minimum absolute atomic E-state index is 0.137. The molecule has 1 aromatic heterocycles. The second kappa shape index (κ2) is 10.7. The number of carbonyl (C=O) groups excluding carboxylic acids is 2. The smallest absolute Gasteiger partial charge is 0.338 e. The van der Waals surface area contributed by atoms with E-state index < -0.39 is 23.4 Å². The second-order valence-electron chi connectivity index (χ2n) is 9.59. The Bertz CT molecular complexity index is 1930. The van der Waals surface area contributed by atoms with Gasteiger partial charge in [0.15, 0.2) is 4.80 Å². The van der Waals surface area contributed by atoms with Gasteiger partial charge in [0, 0.05) is 10.0 Å². The van der Waals surface area contributed by atoms with Crippen molar-refractivity contribution in [2.75, 3.05) is 11.5 Å². The number of carbonyl (C=O) groups is 2. The van der Waals surface area contributed by atoms with E-state index in [9.17, 15) is 18.8 Å². The first-order valence-electron chi connectivity index (χ1n) is 12.9. The lowest BCUT2D eigenvalue weighted by atomic mass is 9.96. The van der Waals surface area contributed by atoms with Crippen LogP contribution in [0.4, 0.5) is 10.1 Å². The number of ether oxygens (including phenoxy) is 1. The van der Waals surface area contributed by atoms with E-state index >= 15 is 0 Å². The normalized spacial score (nSPS) is 17.3. The Labute approximate surface area is 246 Å². The molecule has 0 unspecified atom stereocenters. The summed E-state index contributed by atoms with van der Waals surface area (Å²) < 4.78 is 21.6. The third-order valence-corrected chi connectivity index (χ3v) is 8.61. The first-order chi connectivity index (χ1) is 19.8. The van der Waals surface area contributed by atoms with Crippen molar-refractivity contribution in [3.63, 3.8) is 0 Å². The average Bonchev–Trinajstić information content (AvgIpc) is 3.41. The largest absolute Gasteiger partial charge is 0.463 e. The highest BCUT2D eigenvalue weighted by molar-refractivity contribution is 9.10. The number of allylic oxidation sites excluding steroid dienone is 1. The van der Waals surface area contributed by atoms with Crippen molar-refractivity contribution in [2.45, 2.75) is 26.4 Å². The lowest BCUT2D eigenvalue weighted by Gasteiger charge is -2.24. The third-order valence-electron chi connectivity index (χ3n) is 7.07. The van der Waals surface area contributed by atoms with Gasteiger partial charge in [-0.25, -0.2) is 14.2 Å². The minimum atomic E-state index is -0.904. The van der Waals surface area contributed by atoms with Gasteiger partial charge in [-0.3, -0.25) is 14.2 Å². The van der Waals surface area contributed by atoms with Crippen LogP contribution in [-0.4, -0.2) is 23.1 Å². The number of rotatable bonds is 5. The SMILES string of the molecule is CCOC(=O)C1=C(C)N=c2s/c(=C3\C(=O)N(Cc4ccccc4)c4ccc(Br)cc43)c(=O)n2[C@@H]1c1ccc(F)cc1. The molecule has 2 aliphatic rings. The zero-order valence-electron chi connectivity index (χ0n) is 22.1. The highest BCUT2D eigenvalue weighted by Gasteiger charge is 2.37. The van der Waals surface area contributed by atoms with E-state index in [1.807, 2.05) is 48.5 Å². The summed E-state index contributed by atoms with van der Waals surface area (Å²) in [5.74, 6) is -1.35. The monoisotopic (exact) mass is 631 g/mol. The van der Waals surface area contributed by atoms with Gasteiger partial charge >= 0.3 is 5.97 Å². The summed E-state index contributed by atoms with van der Waals surface area (Å²) >= 11 is 4.61. The maximum atomic E-state index is 14.3. The van der Waals surface area contributed by atoms with Crippen molar-refractivity contribution >= 4 is 50.4 Å². The molecule has 41 heavy (non-hydrogen) atoms. The fourth-order valence-corrected chi connectivity index (χ4v) is 6.75. The fraction of sp³-hybridized carbons (Fsp3) is 0.161. The van der Waals surface area contributed by atoms with Crippen LogP contribution in [0.15, 0.2) is 98.3 Å². The molecule has 0 N–H and O–H groups in total. The molecule has 4 aromatic rings. The number of anilines is 1. The lowest BCUT2D eigenvalue weighted by Crippen LogP contribution is -2.41. The number of hydrogen-bond donors (Lipinski definition) is 0. The van der Waals surface area contributed by atoms with Gasteiger partial charge in [-0.1, -0.05) is 69.7 Å². The molecular weight excluding hydrogens is 609 g/mol. The van der Waals surface area contributed by atoms with Gasteiger partial charge < -0.3 is 9.64 Å². The van der Waals surface area contributed by atoms with Crippen LogP contribution < -0.4 is 19.8 Å². The molecule has 1 amide bonds. The van der Waals surface area contributed by atoms with Gasteiger partial charge in [-0.2, -0.15) is 0 Å². The molecule has 0 bridgehead atoms. The molecule has 0 radical (unpaired) electrons. The van der Waals surface area contributed by atoms with Crippen LogP contribution in [-0.2, 0) is 20.9 Å². The number of halogens is 2. The molecule has 0 spiro atoms. The fourth-order valence-electron chi connectivity index (χ4n) is 5.25. The molecule has 0 saturated carbocycles. The topological polar surface area (TPSA) is 81.0 Å². The number of amides is 1. The third kappa shape index (κ3) is 4.66. The van der Waals surface area contributed by atoms with E-state index in [0.29, 0.717) is 33.9 Å². The summed E-state index contributed by atoms with van der Waals surface area (Å²) in [5.41, 5.74) is 3.19. The molecule has 3 heterocycles. The standard InChI is InChI=1S/C31H23BrFN3O4S/c1-3-40-30(39)24-17(2)34-31-36(26(24)19-9-12-21(33)13-10-19)29(38)27(41-31)25-22-15-20(32)11-14-23(22)35(28(25)37)16-18-7-5-4-6-8-18/h4-15,26H,3,16H2,1-2H3/b27-25-/t26-/m1/s1. The first kappa shape index (κ1) is 27.0. The Morgan fingerprint density at radius 3 is 2.51 bits per heavy atom. The zero-order valence-corrected chi connectivity index (χ0v) is 24.5. The van der Waals surface area contributed by atoms with E-state index in [1.165, 1.54) is 28.8 Å². The number of nitrogens with zero attached hydrogens (tertiary/aromatic N) is 3. The van der Waals surface area contributed by atoms with Gasteiger partial charge in [0.25, 0.3) is 11.5 Å². The quantitative estimate of drug-likeness (QED) is 0.301. The highest BCUT2D eigenvalue weighted by atomic mass is 79.9. The number of hydrogen-bond acceptors (Lipinski definition) is 6. The molecule has 10 heteroatoms. The average molecular weight is 633 g/mol. The van der Waals surface area contributed by atoms with Crippen molar-refractivity contribution in [3.8, 4) is 0 Å². The molecule has 0 saturated heterocycles. The van der Waals surface area contributed by atoms with Crippen LogP contribution >= 0.6 is 27.3 Å². The van der Waals surface area contributed by atoms with Crippen molar-refractivity contribution in [3.05, 3.63) is 131 Å². The van der Waals surface area contributed by atoms with Gasteiger partial charge in [0.05, 0.1) is 41.7 Å². The number of aromatic nitrogens is 1. The summed E-state index contributed by atoms with van der Waals surface area (Å²) in [6.45, 7) is 3.84. The van der Waals surface area contributed by atoms with E-state index in [2.05, 4.69) is 20.9 Å². The number of thiazole rings is 1. The molecule has 0 fully saturated rings. The molecule has 0 aliphatic carbocycles. The number of esters is 1. The Balaban J connectivity index is 1.60. The Hall–Kier alpha value is -4.15. The second-order valence-corrected chi connectivity index (χ2v) is 11.5. The van der Waals surface area contributed by atoms with Crippen LogP contribution in [0.2, 0.25) is 0 Å². The maximum Gasteiger partial charge on any atom is 0.338 e. The molecule has 7 nitrogen and oxygen atoms in total. The van der Waals surface area contributed by atoms with E-state index in [1.54, 1.807) is 18.7 Å². The van der Waals surface area contributed by atoms with Crippen LogP contribution in [0, 0.1) is 5.82 Å². The highest BCUT2D eigenvalue weighted by Crippen LogP contribution is 2.38. The van der Waals surface area contributed by atoms with Crippen LogP contribution in [0.5, 0.6) is 0 Å². The molecule has 2 aliphatic heterocycles. The molecular formula is C31H23BrFN3O4S. The van der Waals surface area contributed by atoms with Crippen molar-refractivity contribution in [1.82, 2.24) is 4.57 Å². The number of benzene rings is 3. The Morgan fingerprint density at radius 1 is 1.07 bits per heavy atom. The first-order valence-corrected chi connectivity index (χ1v) is 14.5. The summed E-state index contributed by atoms with van der Waals surface area (Å²) in [6.07, 6.45) is 0. The zero-order chi connectivity index (χ0) is 28.8. The predicted molar refractivity (Wildman–Crippen MR) is 158 cm³/mol. The molecule has 1 atom stereocenters. The summed E-state index contributed by atoms with van der Waals surface area (Å²) in [4.78, 5) is 48.0. The Kier molecular flexibility index (Phi) is 7.04. The van der Waals surface area contributed by atoms with Crippen LogP contribution in [0.25, 0.3) is 5.57 Å². The Morgan fingerprint density at radius 2 is 1.80 bits per heavy atom. The van der Waals surface area contributed by atoms with Gasteiger partial charge in [-0.05, 0) is 55.3 Å². The van der Waals surface area contributed by atoms with Gasteiger partial charge in [0.1, 0.15) is 10.3 Å². The predicted octanol–water partition coefficient (Wildman–Crippen LogP) is 4.62. The van der Waals surface area contributed by atoms with Gasteiger partial charge in [-0.15, -0.1) is 0 Å². The van der Waals surface area contributed by atoms with Crippen LogP contribution in [0.3, 0.4) is 0 Å². The maximum absolute atomic E-state index is 14.3. The van der Waals surface area contributed by atoms with E-state index in [4.69, 9.17) is 4.74 Å². The molecule has 3 aromatic carbocycles. The van der Waals surface area contributed by atoms with Crippen LogP contribution in [0.1, 0.15) is 36.6 Å². The summed E-state index contributed by atoms with van der Waals surface area (Å²) in [7, 11) is 0. The van der Waals surface area contributed by atoms with Crippen molar-refractivity contribution in [2.24, 2.45) is 4.99 Å². The van der Waals surface area contributed by atoms with E-state index in [0.717, 1.165) is 21.4 Å².